The van der Waals surface area contributed by atoms with Gasteiger partial charge in [0.2, 0.25) is 12.3 Å². The Labute approximate surface area is 156 Å². The van der Waals surface area contributed by atoms with Gasteiger partial charge in [0.05, 0.1) is 5.41 Å². The third-order valence-electron chi connectivity index (χ3n) is 5.76. The van der Waals surface area contributed by atoms with Crippen LogP contribution in [0, 0.1) is 0 Å². The van der Waals surface area contributed by atoms with Crippen molar-refractivity contribution in [3.63, 3.8) is 0 Å². The standard InChI is InChI=1S/C19H24F3N3O2/c20-19(21,22)18(7-8-18)15-3-1-13(2-4-15)14-10-25(11-14)17(27)6-5-16(9-23)24-12-26/h1-4,12,14,16H,5-11,23H2,(H,24,26). The van der Waals surface area contributed by atoms with E-state index in [0.29, 0.717) is 37.9 Å². The first-order valence-electron chi connectivity index (χ1n) is 9.15. The number of amides is 2. The van der Waals surface area contributed by atoms with E-state index in [0.717, 1.165) is 5.56 Å². The fourth-order valence-corrected chi connectivity index (χ4v) is 3.65. The molecular formula is C19H24F3N3O2. The Balaban J connectivity index is 1.50. The van der Waals surface area contributed by atoms with Crippen LogP contribution in [0.5, 0.6) is 0 Å². The summed E-state index contributed by atoms with van der Waals surface area (Å²) in [4.78, 5) is 24.3. The van der Waals surface area contributed by atoms with Crippen molar-refractivity contribution in [1.82, 2.24) is 10.2 Å². The minimum Gasteiger partial charge on any atom is -0.355 e. The van der Waals surface area contributed by atoms with Crippen molar-refractivity contribution in [2.45, 2.75) is 49.2 Å². The highest BCUT2D eigenvalue weighted by Gasteiger charge is 2.64. The van der Waals surface area contributed by atoms with Gasteiger partial charge in [-0.1, -0.05) is 24.3 Å². The highest BCUT2D eigenvalue weighted by atomic mass is 19.4. The van der Waals surface area contributed by atoms with E-state index in [1.54, 1.807) is 29.2 Å². The van der Waals surface area contributed by atoms with Crippen LogP contribution in [-0.4, -0.2) is 49.1 Å². The van der Waals surface area contributed by atoms with Gasteiger partial charge < -0.3 is 16.0 Å². The zero-order valence-corrected chi connectivity index (χ0v) is 15.0. The molecule has 0 spiro atoms. The van der Waals surface area contributed by atoms with Crippen molar-refractivity contribution in [1.29, 1.82) is 0 Å². The number of hydrogen-bond acceptors (Lipinski definition) is 3. The summed E-state index contributed by atoms with van der Waals surface area (Å²) in [5, 5.41) is 2.57. The van der Waals surface area contributed by atoms with Crippen molar-refractivity contribution < 1.29 is 22.8 Å². The van der Waals surface area contributed by atoms with E-state index in [1.807, 2.05) is 0 Å². The lowest BCUT2D eigenvalue weighted by Crippen LogP contribution is -2.49. The second-order valence-electron chi connectivity index (χ2n) is 7.45. The molecular weight excluding hydrogens is 359 g/mol. The molecule has 8 heteroatoms. The van der Waals surface area contributed by atoms with E-state index < -0.39 is 11.6 Å². The molecule has 2 amide bonds. The van der Waals surface area contributed by atoms with Gasteiger partial charge in [-0.05, 0) is 30.4 Å². The van der Waals surface area contributed by atoms with Gasteiger partial charge in [-0.25, -0.2) is 0 Å². The van der Waals surface area contributed by atoms with E-state index in [1.165, 1.54) is 0 Å². The van der Waals surface area contributed by atoms with Gasteiger partial charge in [-0.15, -0.1) is 0 Å². The molecule has 1 atom stereocenters. The SMILES string of the molecule is NCC(CCC(=O)N1CC(c2ccc(C3(C(F)(F)F)CC3)cc2)C1)NC=O. The number of nitrogens with zero attached hydrogens (tertiary/aromatic N) is 1. The third kappa shape index (κ3) is 3.95. The van der Waals surface area contributed by atoms with Crippen molar-refractivity contribution in [3.8, 4) is 0 Å². The molecule has 1 heterocycles. The number of nitrogens with two attached hydrogens (primary N) is 1. The molecule has 1 aromatic carbocycles. The molecule has 1 unspecified atom stereocenters. The van der Waals surface area contributed by atoms with Crippen LogP contribution in [0.1, 0.15) is 42.7 Å². The summed E-state index contributed by atoms with van der Waals surface area (Å²) < 4.78 is 39.6. The normalized spacial score (nSPS) is 19.9. The lowest BCUT2D eigenvalue weighted by molar-refractivity contribution is -0.160. The average Bonchev–Trinajstić information content (AvgIpc) is 3.39. The Bertz CT molecular complexity index is 680. The topological polar surface area (TPSA) is 75.4 Å². The summed E-state index contributed by atoms with van der Waals surface area (Å²) in [6.45, 7) is 1.41. The second-order valence-corrected chi connectivity index (χ2v) is 7.45. The zero-order chi connectivity index (χ0) is 19.7. The van der Waals surface area contributed by atoms with Crippen molar-refractivity contribution in [2.75, 3.05) is 19.6 Å². The fraction of sp³-hybridized carbons (Fsp3) is 0.579. The number of benzene rings is 1. The van der Waals surface area contributed by atoms with Gasteiger partial charge >= 0.3 is 6.18 Å². The monoisotopic (exact) mass is 383 g/mol. The molecule has 1 aliphatic heterocycles. The highest BCUT2D eigenvalue weighted by molar-refractivity contribution is 5.77. The number of carbonyl (C=O) groups excluding carboxylic acids is 2. The summed E-state index contributed by atoms with van der Waals surface area (Å²) in [5.74, 6) is 0.158. The Kier molecular flexibility index (Phi) is 5.46. The minimum atomic E-state index is -4.20. The van der Waals surface area contributed by atoms with Crippen LogP contribution in [0.3, 0.4) is 0 Å². The maximum absolute atomic E-state index is 13.2. The molecule has 2 aliphatic rings. The van der Waals surface area contributed by atoms with Crippen LogP contribution in [0.2, 0.25) is 0 Å². The van der Waals surface area contributed by atoms with Crippen LogP contribution < -0.4 is 11.1 Å². The predicted molar refractivity (Wildman–Crippen MR) is 94.0 cm³/mol. The Hall–Kier alpha value is -2.09. The number of carbonyl (C=O) groups is 2. The molecule has 3 rings (SSSR count). The predicted octanol–water partition coefficient (Wildman–Crippen LogP) is 2.06. The van der Waals surface area contributed by atoms with Crippen molar-refractivity contribution in [3.05, 3.63) is 35.4 Å². The van der Waals surface area contributed by atoms with E-state index in [2.05, 4.69) is 5.32 Å². The number of nitrogens with one attached hydrogen (secondary N) is 1. The van der Waals surface area contributed by atoms with Gasteiger partial charge in [0, 0.05) is 38.0 Å². The quantitative estimate of drug-likeness (QED) is 0.675. The summed E-state index contributed by atoms with van der Waals surface area (Å²) >= 11 is 0. The summed E-state index contributed by atoms with van der Waals surface area (Å²) in [6, 6.07) is 6.46. The molecule has 1 saturated heterocycles. The van der Waals surface area contributed by atoms with E-state index in [9.17, 15) is 22.8 Å². The van der Waals surface area contributed by atoms with E-state index in [4.69, 9.17) is 5.73 Å². The fourth-order valence-electron chi connectivity index (χ4n) is 3.65. The van der Waals surface area contributed by atoms with Crippen molar-refractivity contribution >= 4 is 12.3 Å². The number of halogens is 3. The lowest BCUT2D eigenvalue weighted by atomic mass is 9.88. The van der Waals surface area contributed by atoms with E-state index in [-0.39, 0.29) is 37.3 Å². The summed E-state index contributed by atoms with van der Waals surface area (Å²) in [6.07, 6.45) is -2.51. The van der Waals surface area contributed by atoms with E-state index >= 15 is 0 Å². The largest absolute Gasteiger partial charge is 0.398 e. The summed E-state index contributed by atoms with van der Waals surface area (Å²) in [7, 11) is 0. The molecule has 2 fully saturated rings. The molecule has 0 bridgehead atoms. The average molecular weight is 383 g/mol. The van der Waals surface area contributed by atoms with Crippen LogP contribution in [0.25, 0.3) is 0 Å². The molecule has 1 saturated carbocycles. The highest BCUT2D eigenvalue weighted by Crippen LogP contribution is 2.58. The van der Waals surface area contributed by atoms with Gasteiger partial charge in [0.25, 0.3) is 0 Å². The van der Waals surface area contributed by atoms with Crippen molar-refractivity contribution in [2.24, 2.45) is 5.73 Å². The summed E-state index contributed by atoms with van der Waals surface area (Å²) in [5.41, 5.74) is 5.17. The molecule has 5 nitrogen and oxygen atoms in total. The molecule has 148 valence electrons. The Morgan fingerprint density at radius 2 is 1.93 bits per heavy atom. The first kappa shape index (κ1) is 19.7. The maximum Gasteiger partial charge on any atom is 0.398 e. The molecule has 27 heavy (non-hydrogen) atoms. The third-order valence-corrected chi connectivity index (χ3v) is 5.76. The molecule has 0 radical (unpaired) electrons. The Morgan fingerprint density at radius 3 is 2.41 bits per heavy atom. The first-order chi connectivity index (χ1) is 12.8. The molecule has 1 aromatic rings. The lowest BCUT2D eigenvalue weighted by Gasteiger charge is -2.40. The van der Waals surface area contributed by atoms with Crippen LogP contribution in [0.4, 0.5) is 13.2 Å². The number of alkyl halides is 3. The Morgan fingerprint density at radius 1 is 1.30 bits per heavy atom. The minimum absolute atomic E-state index is 0.00280. The molecule has 0 aromatic heterocycles. The molecule has 1 aliphatic carbocycles. The molecule has 3 N–H and O–H groups in total. The second kappa shape index (κ2) is 7.50. The maximum atomic E-state index is 13.2. The number of likely N-dealkylation sites (tertiary alicyclic amines) is 1. The van der Waals surface area contributed by atoms with Gasteiger partial charge in [-0.2, -0.15) is 13.2 Å². The van der Waals surface area contributed by atoms with Gasteiger partial charge in [-0.3, -0.25) is 9.59 Å². The van der Waals surface area contributed by atoms with Crippen LogP contribution >= 0.6 is 0 Å². The zero-order valence-electron chi connectivity index (χ0n) is 15.0. The first-order valence-corrected chi connectivity index (χ1v) is 9.15. The van der Waals surface area contributed by atoms with Gasteiger partial charge in [0.1, 0.15) is 0 Å². The van der Waals surface area contributed by atoms with Gasteiger partial charge in [0.15, 0.2) is 0 Å². The number of rotatable bonds is 8. The van der Waals surface area contributed by atoms with Crippen LogP contribution in [-0.2, 0) is 15.0 Å². The number of hydrogen-bond donors (Lipinski definition) is 2. The smallest absolute Gasteiger partial charge is 0.355 e. The van der Waals surface area contributed by atoms with Crippen LogP contribution in [0.15, 0.2) is 24.3 Å².